The quantitative estimate of drug-likeness (QED) is 0.542. The number of nitrogens with one attached hydrogen (secondary N) is 1. The Kier molecular flexibility index (Phi) is 7.10. The van der Waals surface area contributed by atoms with E-state index in [1.165, 1.54) is 13.0 Å². The number of hydrogen-bond acceptors (Lipinski definition) is 6. The summed E-state index contributed by atoms with van der Waals surface area (Å²) in [7, 11) is 1.59. The summed E-state index contributed by atoms with van der Waals surface area (Å²) in [4.78, 5) is 24.4. The number of para-hydroxylation sites is 1. The van der Waals surface area contributed by atoms with E-state index >= 15 is 0 Å². The lowest BCUT2D eigenvalue weighted by Crippen LogP contribution is -2.35. The highest BCUT2D eigenvalue weighted by atomic mass is 16.6. The minimum Gasteiger partial charge on any atom is -0.497 e. The number of furan rings is 1. The van der Waals surface area contributed by atoms with Gasteiger partial charge in [0.25, 0.3) is 5.91 Å². The molecule has 2 aromatic carbocycles. The standard InChI is InChI=1S/C23H23NO6/c1-16(22(25)24-14-17-8-10-18(27-2)11-9-17)29-23(26)21-13-12-20(30-21)15-28-19-6-4-3-5-7-19/h3-13,16H,14-15H2,1-2H3,(H,24,25)/t16-/m1/s1. The van der Waals surface area contributed by atoms with Gasteiger partial charge >= 0.3 is 5.97 Å². The number of rotatable bonds is 9. The van der Waals surface area contributed by atoms with E-state index in [4.69, 9.17) is 18.6 Å². The second kappa shape index (κ2) is 10.2. The molecule has 0 spiro atoms. The average Bonchev–Trinajstić information content (AvgIpc) is 3.26. The normalized spacial score (nSPS) is 11.4. The van der Waals surface area contributed by atoms with Gasteiger partial charge in [-0.05, 0) is 48.9 Å². The topological polar surface area (TPSA) is 87.0 Å². The molecule has 0 unspecified atom stereocenters. The molecule has 30 heavy (non-hydrogen) atoms. The summed E-state index contributed by atoms with van der Waals surface area (Å²) in [6, 6.07) is 19.7. The van der Waals surface area contributed by atoms with Crippen molar-refractivity contribution in [3.63, 3.8) is 0 Å². The van der Waals surface area contributed by atoms with Crippen molar-refractivity contribution in [2.24, 2.45) is 0 Å². The van der Waals surface area contributed by atoms with Crippen LogP contribution in [0, 0.1) is 0 Å². The number of benzene rings is 2. The number of esters is 1. The van der Waals surface area contributed by atoms with Crippen LogP contribution in [0.4, 0.5) is 0 Å². The summed E-state index contributed by atoms with van der Waals surface area (Å²) in [5, 5.41) is 2.73. The largest absolute Gasteiger partial charge is 0.497 e. The van der Waals surface area contributed by atoms with Gasteiger partial charge in [-0.1, -0.05) is 30.3 Å². The molecule has 3 aromatic rings. The lowest BCUT2D eigenvalue weighted by atomic mass is 10.2. The molecule has 0 saturated carbocycles. The molecule has 0 fully saturated rings. The predicted molar refractivity (Wildman–Crippen MR) is 109 cm³/mol. The van der Waals surface area contributed by atoms with Crippen LogP contribution >= 0.6 is 0 Å². The molecule has 0 saturated heterocycles. The molecule has 1 N–H and O–H groups in total. The van der Waals surface area contributed by atoms with E-state index in [1.807, 2.05) is 42.5 Å². The Bertz CT molecular complexity index is 965. The number of ether oxygens (including phenoxy) is 3. The van der Waals surface area contributed by atoms with Crippen molar-refractivity contribution < 1.29 is 28.2 Å². The first-order valence-corrected chi connectivity index (χ1v) is 9.43. The van der Waals surface area contributed by atoms with Gasteiger partial charge in [0, 0.05) is 6.54 Å². The van der Waals surface area contributed by atoms with Gasteiger partial charge in [0.15, 0.2) is 6.10 Å². The van der Waals surface area contributed by atoms with Crippen LogP contribution in [0.5, 0.6) is 11.5 Å². The van der Waals surface area contributed by atoms with Crippen LogP contribution in [0.3, 0.4) is 0 Å². The summed E-state index contributed by atoms with van der Waals surface area (Å²) in [5.41, 5.74) is 0.900. The Morgan fingerprint density at radius 3 is 2.40 bits per heavy atom. The smallest absolute Gasteiger partial charge is 0.375 e. The van der Waals surface area contributed by atoms with Gasteiger partial charge in [0.2, 0.25) is 5.76 Å². The summed E-state index contributed by atoms with van der Waals surface area (Å²) < 4.78 is 21.3. The minimum atomic E-state index is -0.968. The van der Waals surface area contributed by atoms with Crippen molar-refractivity contribution in [2.75, 3.05) is 7.11 Å². The Morgan fingerprint density at radius 2 is 1.70 bits per heavy atom. The molecule has 1 amide bonds. The van der Waals surface area contributed by atoms with Crippen LogP contribution in [-0.2, 0) is 22.7 Å². The van der Waals surface area contributed by atoms with Crippen LogP contribution in [0.1, 0.15) is 28.8 Å². The molecule has 7 nitrogen and oxygen atoms in total. The molecule has 7 heteroatoms. The van der Waals surface area contributed by atoms with E-state index in [2.05, 4.69) is 5.32 Å². The highest BCUT2D eigenvalue weighted by molar-refractivity contribution is 5.90. The third kappa shape index (κ3) is 5.88. The van der Waals surface area contributed by atoms with Gasteiger partial charge in [-0.2, -0.15) is 0 Å². The molecule has 156 valence electrons. The van der Waals surface area contributed by atoms with Crippen molar-refractivity contribution in [1.29, 1.82) is 0 Å². The van der Waals surface area contributed by atoms with Gasteiger partial charge in [-0.25, -0.2) is 4.79 Å². The maximum absolute atomic E-state index is 12.2. The molecule has 1 atom stereocenters. The van der Waals surface area contributed by atoms with Crippen molar-refractivity contribution in [3.8, 4) is 11.5 Å². The second-order valence-electron chi connectivity index (χ2n) is 6.48. The van der Waals surface area contributed by atoms with Gasteiger partial charge in [-0.3, -0.25) is 4.79 Å². The van der Waals surface area contributed by atoms with E-state index in [0.717, 1.165) is 11.3 Å². The first-order valence-electron chi connectivity index (χ1n) is 9.43. The fourth-order valence-corrected chi connectivity index (χ4v) is 2.58. The van der Waals surface area contributed by atoms with Gasteiger partial charge in [0.1, 0.15) is 23.9 Å². The summed E-state index contributed by atoms with van der Waals surface area (Å²) in [6.45, 7) is 1.99. The van der Waals surface area contributed by atoms with Gasteiger partial charge in [0.05, 0.1) is 7.11 Å². The zero-order valence-electron chi connectivity index (χ0n) is 16.8. The Balaban J connectivity index is 1.46. The Morgan fingerprint density at radius 1 is 0.967 bits per heavy atom. The molecule has 0 aliphatic heterocycles. The third-order valence-corrected chi connectivity index (χ3v) is 4.27. The van der Waals surface area contributed by atoms with Crippen molar-refractivity contribution >= 4 is 11.9 Å². The molecule has 0 bridgehead atoms. The fourth-order valence-electron chi connectivity index (χ4n) is 2.58. The van der Waals surface area contributed by atoms with Crippen LogP contribution < -0.4 is 14.8 Å². The predicted octanol–water partition coefficient (Wildman–Crippen LogP) is 3.73. The molecule has 1 heterocycles. The van der Waals surface area contributed by atoms with E-state index in [0.29, 0.717) is 18.1 Å². The van der Waals surface area contributed by atoms with Crippen LogP contribution in [0.2, 0.25) is 0 Å². The molecule has 1 aromatic heterocycles. The lowest BCUT2D eigenvalue weighted by molar-refractivity contribution is -0.129. The number of carbonyl (C=O) groups is 2. The number of methoxy groups -OCH3 is 1. The molecule has 0 radical (unpaired) electrons. The molecular weight excluding hydrogens is 386 g/mol. The van der Waals surface area contributed by atoms with Crippen LogP contribution in [0.15, 0.2) is 71.1 Å². The van der Waals surface area contributed by atoms with Crippen molar-refractivity contribution in [2.45, 2.75) is 26.2 Å². The van der Waals surface area contributed by atoms with Crippen molar-refractivity contribution in [3.05, 3.63) is 83.8 Å². The summed E-state index contributed by atoms with van der Waals surface area (Å²) in [6.07, 6.45) is -0.968. The first kappa shape index (κ1) is 21.0. The Hall–Kier alpha value is -3.74. The maximum atomic E-state index is 12.2. The fraction of sp³-hybridized carbons (Fsp3) is 0.217. The van der Waals surface area contributed by atoms with E-state index < -0.39 is 18.0 Å². The molecule has 3 rings (SSSR count). The molecular formula is C23H23NO6. The maximum Gasteiger partial charge on any atom is 0.375 e. The zero-order valence-corrected chi connectivity index (χ0v) is 16.8. The van der Waals surface area contributed by atoms with Crippen LogP contribution in [0.25, 0.3) is 0 Å². The average molecular weight is 409 g/mol. The number of carbonyl (C=O) groups excluding carboxylic acids is 2. The van der Waals surface area contributed by atoms with Gasteiger partial charge in [-0.15, -0.1) is 0 Å². The lowest BCUT2D eigenvalue weighted by Gasteiger charge is -2.13. The monoisotopic (exact) mass is 409 g/mol. The van der Waals surface area contributed by atoms with Crippen LogP contribution in [-0.4, -0.2) is 25.1 Å². The summed E-state index contributed by atoms with van der Waals surface area (Å²) >= 11 is 0. The minimum absolute atomic E-state index is 0.0106. The van der Waals surface area contributed by atoms with E-state index in [1.54, 1.807) is 25.3 Å². The van der Waals surface area contributed by atoms with Gasteiger partial charge < -0.3 is 23.9 Å². The molecule has 0 aliphatic carbocycles. The number of hydrogen-bond donors (Lipinski definition) is 1. The number of amides is 1. The SMILES string of the molecule is COc1ccc(CNC(=O)[C@@H](C)OC(=O)c2ccc(COc3ccccc3)o2)cc1. The van der Waals surface area contributed by atoms with E-state index in [9.17, 15) is 9.59 Å². The van der Waals surface area contributed by atoms with Crippen molar-refractivity contribution in [1.82, 2.24) is 5.32 Å². The first-order chi connectivity index (χ1) is 14.5. The molecule has 0 aliphatic rings. The second-order valence-corrected chi connectivity index (χ2v) is 6.48. The zero-order chi connectivity index (χ0) is 21.3. The van der Waals surface area contributed by atoms with E-state index in [-0.39, 0.29) is 12.4 Å². The summed E-state index contributed by atoms with van der Waals surface area (Å²) in [5.74, 6) is 0.796. The highest BCUT2D eigenvalue weighted by Crippen LogP contribution is 2.15. The highest BCUT2D eigenvalue weighted by Gasteiger charge is 2.21. The third-order valence-electron chi connectivity index (χ3n) is 4.27. The Labute approximate surface area is 174 Å².